The van der Waals surface area contributed by atoms with Crippen LogP contribution in [0.3, 0.4) is 0 Å². The minimum Gasteiger partial charge on any atom is -0.484 e. The molecule has 140 valence electrons. The molecule has 3 aromatic carbocycles. The van der Waals surface area contributed by atoms with Crippen LogP contribution in [0.15, 0.2) is 72.9 Å². The van der Waals surface area contributed by atoms with Gasteiger partial charge >= 0.3 is 0 Å². The highest BCUT2D eigenvalue weighted by atomic mass is 16.5. The van der Waals surface area contributed by atoms with E-state index in [1.165, 1.54) is 0 Å². The Balaban J connectivity index is 1.35. The molecular weight excluding hydrogens is 354 g/mol. The van der Waals surface area contributed by atoms with Gasteiger partial charge in [-0.2, -0.15) is 0 Å². The number of nitrogens with zero attached hydrogens (tertiary/aromatic N) is 1. The maximum Gasteiger partial charge on any atom is 0.276 e. The molecule has 0 fully saturated rings. The number of fused-ring (bicyclic) bond motifs is 2. The number of ether oxygens (including phenoxy) is 1. The lowest BCUT2D eigenvalue weighted by molar-refractivity contribution is -0.123. The van der Waals surface area contributed by atoms with Gasteiger partial charge in [0.2, 0.25) is 0 Å². The van der Waals surface area contributed by atoms with Gasteiger partial charge in [-0.05, 0) is 29.0 Å². The second kappa shape index (κ2) is 7.44. The largest absolute Gasteiger partial charge is 0.484 e. The van der Waals surface area contributed by atoms with E-state index in [1.54, 1.807) is 6.20 Å². The van der Waals surface area contributed by atoms with Crippen LogP contribution in [0.2, 0.25) is 0 Å². The number of para-hydroxylation sites is 1. The molecule has 0 spiro atoms. The van der Waals surface area contributed by atoms with Gasteiger partial charge in [0.15, 0.2) is 6.61 Å². The second-order valence-electron chi connectivity index (χ2n) is 6.47. The summed E-state index contributed by atoms with van der Waals surface area (Å²) in [5.41, 5.74) is 6.27. The molecule has 0 aliphatic carbocycles. The molecule has 1 heterocycles. The highest BCUT2D eigenvalue weighted by Crippen LogP contribution is 2.21. The van der Waals surface area contributed by atoms with Crippen molar-refractivity contribution in [3.63, 3.8) is 0 Å². The van der Waals surface area contributed by atoms with Crippen molar-refractivity contribution in [2.45, 2.75) is 0 Å². The number of hydrogen-bond donors (Lipinski definition) is 2. The van der Waals surface area contributed by atoms with Gasteiger partial charge in [-0.15, -0.1) is 0 Å². The fourth-order valence-electron chi connectivity index (χ4n) is 3.16. The van der Waals surface area contributed by atoms with E-state index in [-0.39, 0.29) is 12.5 Å². The van der Waals surface area contributed by atoms with Crippen LogP contribution >= 0.6 is 0 Å². The summed E-state index contributed by atoms with van der Waals surface area (Å²) in [6.07, 6.45) is 1.73. The molecule has 0 unspecified atom stereocenters. The molecule has 4 aromatic rings. The van der Waals surface area contributed by atoms with Crippen LogP contribution in [0.4, 0.5) is 0 Å². The van der Waals surface area contributed by atoms with Crippen LogP contribution < -0.4 is 15.6 Å². The average molecular weight is 373 g/mol. The molecule has 6 heteroatoms. The molecule has 0 saturated heterocycles. The van der Waals surface area contributed by atoms with Crippen molar-refractivity contribution in [3.8, 4) is 5.75 Å². The molecule has 0 atom stereocenters. The predicted octanol–water partition coefficient (Wildman–Crippen LogP) is 3.17. The first kappa shape index (κ1) is 17.6. The summed E-state index contributed by atoms with van der Waals surface area (Å²) in [4.78, 5) is 24.4. The fourth-order valence-corrected chi connectivity index (χ4v) is 3.16. The third-order valence-corrected chi connectivity index (χ3v) is 4.55. The second-order valence-corrected chi connectivity index (χ2v) is 6.47. The van der Waals surface area contributed by atoms with E-state index in [0.717, 1.165) is 21.7 Å². The molecule has 0 saturated carbocycles. The smallest absolute Gasteiger partial charge is 0.276 e. The topological polar surface area (TPSA) is 72.4 Å². The first-order valence-electron chi connectivity index (χ1n) is 8.87. The van der Waals surface area contributed by atoms with E-state index in [0.29, 0.717) is 11.3 Å². The monoisotopic (exact) mass is 373 g/mol. The Labute approximate surface area is 161 Å². The quantitative estimate of drug-likeness (QED) is 0.540. The number of amides is 2. The lowest BCUT2D eigenvalue weighted by atomic mass is 10.1. The van der Waals surface area contributed by atoms with Crippen LogP contribution in [0.1, 0.15) is 10.4 Å². The van der Waals surface area contributed by atoms with Crippen LogP contribution in [0.25, 0.3) is 21.7 Å². The van der Waals surface area contributed by atoms with Gasteiger partial charge in [-0.3, -0.25) is 20.4 Å². The first-order valence-corrected chi connectivity index (χ1v) is 8.87. The van der Waals surface area contributed by atoms with Crippen LogP contribution in [0.5, 0.6) is 5.75 Å². The maximum absolute atomic E-state index is 12.4. The molecule has 0 radical (unpaired) electrons. The summed E-state index contributed by atoms with van der Waals surface area (Å²) >= 11 is 0. The maximum atomic E-state index is 12.4. The van der Waals surface area contributed by atoms with Crippen LogP contribution in [-0.4, -0.2) is 23.0 Å². The number of carbonyl (C=O) groups excluding carboxylic acids is 2. The Morgan fingerprint density at radius 1 is 0.929 bits per heavy atom. The Morgan fingerprint density at radius 2 is 1.68 bits per heavy atom. The van der Waals surface area contributed by atoms with E-state index >= 15 is 0 Å². The third-order valence-electron chi connectivity index (χ3n) is 4.55. The van der Waals surface area contributed by atoms with Crippen molar-refractivity contribution < 1.29 is 14.3 Å². The number of aromatic nitrogens is 1. The van der Waals surface area contributed by atoms with E-state index in [9.17, 15) is 9.59 Å². The summed E-state index contributed by atoms with van der Waals surface area (Å²) in [6, 6.07) is 21.1. The zero-order chi connectivity index (χ0) is 19.5. The van der Waals surface area contributed by atoms with Crippen molar-refractivity contribution in [1.29, 1.82) is 0 Å². The molecule has 6 nitrogen and oxygen atoms in total. The number of hydrazine groups is 1. The Hall–Kier alpha value is -3.80. The van der Waals surface area contributed by atoms with Gasteiger partial charge in [0, 0.05) is 24.1 Å². The highest BCUT2D eigenvalue weighted by Gasteiger charge is 2.14. The van der Waals surface area contributed by atoms with Gasteiger partial charge < -0.3 is 9.30 Å². The molecule has 2 N–H and O–H groups in total. The van der Waals surface area contributed by atoms with E-state index in [2.05, 4.69) is 10.9 Å². The van der Waals surface area contributed by atoms with Crippen molar-refractivity contribution in [3.05, 3.63) is 78.5 Å². The molecule has 0 aliphatic heterocycles. The van der Waals surface area contributed by atoms with E-state index < -0.39 is 5.91 Å². The summed E-state index contributed by atoms with van der Waals surface area (Å²) < 4.78 is 7.39. The van der Waals surface area contributed by atoms with Crippen molar-refractivity contribution in [2.24, 2.45) is 7.05 Å². The third kappa shape index (κ3) is 3.53. The Bertz CT molecular complexity index is 1180. The van der Waals surface area contributed by atoms with Crippen molar-refractivity contribution in [1.82, 2.24) is 15.4 Å². The van der Waals surface area contributed by atoms with E-state index in [1.807, 2.05) is 78.3 Å². The Kier molecular flexibility index (Phi) is 4.68. The van der Waals surface area contributed by atoms with Crippen LogP contribution in [-0.2, 0) is 11.8 Å². The zero-order valence-electron chi connectivity index (χ0n) is 15.3. The molecule has 0 bridgehead atoms. The lowest BCUT2D eigenvalue weighted by Gasteiger charge is -2.09. The van der Waals surface area contributed by atoms with Crippen LogP contribution in [0, 0.1) is 0 Å². The molecule has 28 heavy (non-hydrogen) atoms. The normalized spacial score (nSPS) is 10.8. The number of carbonyl (C=O) groups is 2. The van der Waals surface area contributed by atoms with Gasteiger partial charge in [-0.1, -0.05) is 48.5 Å². The number of rotatable bonds is 4. The number of benzene rings is 3. The molecule has 1 aromatic heterocycles. The fraction of sp³-hybridized carbons (Fsp3) is 0.0909. The highest BCUT2D eigenvalue weighted by molar-refractivity contribution is 6.07. The van der Waals surface area contributed by atoms with Crippen molar-refractivity contribution >= 4 is 33.5 Å². The standard InChI is InChI=1S/C22H19N3O3/c1-25-13-19(18-8-4-5-9-20(18)25)22(27)24-23-21(26)14-28-17-11-10-15-6-2-3-7-16(15)12-17/h2-13H,14H2,1H3,(H,23,26)(H,24,27). The number of nitrogens with one attached hydrogen (secondary N) is 2. The summed E-state index contributed by atoms with van der Waals surface area (Å²) in [6.45, 7) is -0.200. The molecule has 4 rings (SSSR count). The van der Waals surface area contributed by atoms with Gasteiger partial charge in [-0.25, -0.2) is 0 Å². The number of hydrogen-bond acceptors (Lipinski definition) is 3. The first-order chi connectivity index (χ1) is 13.6. The van der Waals surface area contributed by atoms with Gasteiger partial charge in [0.25, 0.3) is 11.8 Å². The van der Waals surface area contributed by atoms with E-state index in [4.69, 9.17) is 4.74 Å². The average Bonchev–Trinajstić information content (AvgIpc) is 3.07. The minimum atomic E-state index is -0.443. The summed E-state index contributed by atoms with van der Waals surface area (Å²) in [7, 11) is 1.87. The number of aryl methyl sites for hydroxylation is 1. The predicted molar refractivity (Wildman–Crippen MR) is 108 cm³/mol. The Morgan fingerprint density at radius 3 is 2.54 bits per heavy atom. The molecular formula is C22H19N3O3. The molecule has 2 amide bonds. The minimum absolute atomic E-state index is 0.200. The summed E-state index contributed by atoms with van der Waals surface area (Å²) in [5.74, 6) is -0.230. The van der Waals surface area contributed by atoms with Gasteiger partial charge in [0.1, 0.15) is 5.75 Å². The van der Waals surface area contributed by atoms with Crippen molar-refractivity contribution in [2.75, 3.05) is 6.61 Å². The zero-order valence-corrected chi connectivity index (χ0v) is 15.3. The molecule has 0 aliphatic rings. The van der Waals surface area contributed by atoms with Gasteiger partial charge in [0.05, 0.1) is 5.56 Å². The summed E-state index contributed by atoms with van der Waals surface area (Å²) in [5, 5.41) is 2.95. The lowest BCUT2D eigenvalue weighted by Crippen LogP contribution is -2.43. The SMILES string of the molecule is Cn1cc(C(=O)NNC(=O)COc2ccc3ccccc3c2)c2ccccc21.